The molecule has 0 aromatic heterocycles. The zero-order valence-electron chi connectivity index (χ0n) is 38.7. The van der Waals surface area contributed by atoms with Crippen LogP contribution in [0.1, 0.15) is 104 Å². The second kappa shape index (κ2) is 18.8. The van der Waals surface area contributed by atoms with E-state index >= 15 is 4.79 Å². The number of amides is 1. The van der Waals surface area contributed by atoms with E-state index < -0.39 is 112 Å². The zero-order chi connectivity index (χ0) is 47.7. The SMILES string of the molecule is CC(C)=O.CO[C@H]1C(=O)[C@]2(C)[C@@H](OC)C[C@H]3OC[C@@]3(OC(C)=O)[C@H]2[C@H](OC(=O)c2ccccc2)[C@]2(O)C[C@H](OC(=O)[C@H](O)[C@@H](NC(=O)OC(C)(C)C)c3ccccc3)C(C)=C1C2(C)C. The molecular formula is C48H63NO15. The number of ether oxygens (including phenoxy) is 7. The molecule has 4 aliphatic rings. The molecule has 16 heteroatoms. The second-order valence-electron chi connectivity index (χ2n) is 18.9. The minimum atomic E-state index is -2.22. The Balaban J connectivity index is 0.00000185. The van der Waals surface area contributed by atoms with Crippen molar-refractivity contribution in [2.24, 2.45) is 16.7 Å². The molecule has 2 saturated carbocycles. The number of aliphatic hydroxyl groups is 2. The van der Waals surface area contributed by atoms with Crippen LogP contribution in [0.15, 0.2) is 71.8 Å². The zero-order valence-corrected chi connectivity index (χ0v) is 38.7. The van der Waals surface area contributed by atoms with E-state index in [9.17, 15) is 34.2 Å². The third-order valence-electron chi connectivity index (χ3n) is 13.0. The number of carbonyl (C=O) groups excluding carboxylic acids is 6. The van der Waals surface area contributed by atoms with Crippen molar-refractivity contribution in [2.75, 3.05) is 20.8 Å². The molecule has 0 radical (unpaired) electrons. The fourth-order valence-corrected chi connectivity index (χ4v) is 10.1. The molecule has 1 saturated heterocycles. The predicted molar refractivity (Wildman–Crippen MR) is 230 cm³/mol. The van der Waals surface area contributed by atoms with Crippen molar-refractivity contribution < 1.29 is 72.1 Å². The molecule has 3 N–H and O–H groups in total. The highest BCUT2D eigenvalue weighted by Gasteiger charge is 2.78. The lowest BCUT2D eigenvalue weighted by atomic mass is 9.44. The number of alkyl carbamates (subject to hydrolysis) is 1. The molecule has 6 rings (SSSR count). The summed E-state index contributed by atoms with van der Waals surface area (Å²) >= 11 is 0. The lowest BCUT2D eigenvalue weighted by Gasteiger charge is -2.67. The minimum absolute atomic E-state index is 0.121. The highest BCUT2D eigenvalue weighted by molar-refractivity contribution is 5.94. The maximum Gasteiger partial charge on any atom is 0.408 e. The van der Waals surface area contributed by atoms with Crippen LogP contribution in [0.4, 0.5) is 4.79 Å². The number of benzene rings is 2. The smallest absolute Gasteiger partial charge is 0.408 e. The summed E-state index contributed by atoms with van der Waals surface area (Å²) in [6.07, 6.45) is -9.31. The fourth-order valence-electron chi connectivity index (χ4n) is 10.1. The summed E-state index contributed by atoms with van der Waals surface area (Å²) in [6, 6.07) is 15.1. The number of rotatable bonds is 10. The van der Waals surface area contributed by atoms with E-state index in [1.807, 2.05) is 0 Å². The number of ketones is 2. The lowest BCUT2D eigenvalue weighted by Crippen LogP contribution is -2.82. The molecule has 16 nitrogen and oxygen atoms in total. The van der Waals surface area contributed by atoms with Crippen molar-refractivity contribution in [3.8, 4) is 0 Å². The highest BCUT2D eigenvalue weighted by atomic mass is 16.6. The molecule has 2 aromatic carbocycles. The van der Waals surface area contributed by atoms with Crippen molar-refractivity contribution in [3.05, 3.63) is 82.9 Å². The normalized spacial score (nSPS) is 31.3. The van der Waals surface area contributed by atoms with Crippen LogP contribution in [0.3, 0.4) is 0 Å². The Hall–Kier alpha value is -5.00. The Labute approximate surface area is 374 Å². The van der Waals surface area contributed by atoms with E-state index in [4.69, 9.17) is 33.2 Å². The number of aliphatic hydroxyl groups excluding tert-OH is 1. The van der Waals surface area contributed by atoms with E-state index in [0.29, 0.717) is 11.1 Å². The molecule has 1 aliphatic heterocycles. The number of nitrogens with one attached hydrogen (secondary N) is 1. The quantitative estimate of drug-likeness (QED) is 0.159. The van der Waals surface area contributed by atoms with E-state index in [1.165, 1.54) is 35.0 Å². The molecule has 0 spiro atoms. The first kappa shape index (κ1) is 50.0. The maximum atomic E-state index is 15.5. The third kappa shape index (κ3) is 9.25. The van der Waals surface area contributed by atoms with Gasteiger partial charge in [0, 0.05) is 39.4 Å². The van der Waals surface area contributed by atoms with Gasteiger partial charge in [-0.25, -0.2) is 14.4 Å². The number of hydrogen-bond acceptors (Lipinski definition) is 15. The van der Waals surface area contributed by atoms with Crippen LogP contribution in [0.25, 0.3) is 0 Å². The molecule has 2 bridgehead atoms. The molecule has 3 fully saturated rings. The summed E-state index contributed by atoms with van der Waals surface area (Å²) in [5.41, 5.74) is -6.72. The summed E-state index contributed by atoms with van der Waals surface area (Å²) in [6.45, 7) is 15.8. The number of Topliss-reactive ketones (excluding diaryl/α,β-unsaturated/α-hetero) is 2. The molecule has 11 atom stereocenters. The molecule has 350 valence electrons. The van der Waals surface area contributed by atoms with Crippen LogP contribution in [-0.4, -0.2) is 120 Å². The summed E-state index contributed by atoms with van der Waals surface area (Å²) in [5, 5.41) is 28.0. The highest BCUT2D eigenvalue weighted by Crippen LogP contribution is 2.64. The fraction of sp³-hybridized carbons (Fsp3) is 0.583. The van der Waals surface area contributed by atoms with Crippen LogP contribution >= 0.6 is 0 Å². The Morgan fingerprint density at radius 1 is 0.891 bits per heavy atom. The molecule has 0 unspecified atom stereocenters. The van der Waals surface area contributed by atoms with Gasteiger partial charge in [0.15, 0.2) is 17.5 Å². The van der Waals surface area contributed by atoms with Gasteiger partial charge in [0.2, 0.25) is 0 Å². The van der Waals surface area contributed by atoms with Crippen LogP contribution in [0, 0.1) is 16.7 Å². The topological polar surface area (TPSA) is 220 Å². The van der Waals surface area contributed by atoms with Crippen molar-refractivity contribution in [1.82, 2.24) is 5.32 Å². The Kier molecular flexibility index (Phi) is 14.7. The number of hydrogen-bond donors (Lipinski definition) is 3. The van der Waals surface area contributed by atoms with Gasteiger partial charge in [-0.2, -0.15) is 0 Å². The van der Waals surface area contributed by atoms with Gasteiger partial charge in [0.05, 0.1) is 35.6 Å². The maximum absolute atomic E-state index is 15.5. The number of carbonyl (C=O) groups is 6. The van der Waals surface area contributed by atoms with Crippen molar-refractivity contribution in [2.45, 2.75) is 142 Å². The first-order valence-corrected chi connectivity index (χ1v) is 21.3. The van der Waals surface area contributed by atoms with Gasteiger partial charge in [0.25, 0.3) is 0 Å². The summed E-state index contributed by atoms with van der Waals surface area (Å²) in [5.74, 6) is -4.36. The summed E-state index contributed by atoms with van der Waals surface area (Å²) in [7, 11) is 2.78. The van der Waals surface area contributed by atoms with Crippen molar-refractivity contribution >= 4 is 35.6 Å². The average Bonchev–Trinajstić information content (AvgIpc) is 3.21. The molecule has 64 heavy (non-hydrogen) atoms. The van der Waals surface area contributed by atoms with Crippen LogP contribution in [0.5, 0.6) is 0 Å². The monoisotopic (exact) mass is 893 g/mol. The van der Waals surface area contributed by atoms with Gasteiger partial charge in [0.1, 0.15) is 41.4 Å². The average molecular weight is 894 g/mol. The third-order valence-corrected chi connectivity index (χ3v) is 13.0. The van der Waals surface area contributed by atoms with Gasteiger partial charge < -0.3 is 53.5 Å². The summed E-state index contributed by atoms with van der Waals surface area (Å²) in [4.78, 5) is 79.5. The Bertz CT molecular complexity index is 2110. The van der Waals surface area contributed by atoms with Gasteiger partial charge in [-0.15, -0.1) is 0 Å². The van der Waals surface area contributed by atoms with E-state index in [0.717, 1.165) is 0 Å². The number of methoxy groups -OCH3 is 2. The predicted octanol–water partition coefficient (Wildman–Crippen LogP) is 5.16. The van der Waals surface area contributed by atoms with Gasteiger partial charge in [-0.3, -0.25) is 9.59 Å². The molecular weight excluding hydrogens is 831 g/mol. The van der Waals surface area contributed by atoms with Gasteiger partial charge in [-0.1, -0.05) is 62.4 Å². The summed E-state index contributed by atoms with van der Waals surface area (Å²) < 4.78 is 42.4. The molecule has 2 aromatic rings. The minimum Gasteiger partial charge on any atom is -0.456 e. The molecule has 1 heterocycles. The first-order valence-electron chi connectivity index (χ1n) is 21.3. The standard InChI is InChI=1S/C45H57NO14.C3H6O/c1-24-28(57-39(51)33(48)32(26-17-13-11-14-18-26)46-40(52)60-41(3,4)5)22-45(53)37(58-38(50)27-19-15-12-16-20-27)35-43(8,36(49)34(55-10)31(24)42(45,6)7)29(54-9)21-30-44(35,23-56-30)59-25(2)47;1-3(2)4/h11-20,28-30,32-35,37,48,53H,21-23H2,1-10H3,(H,46,52);1-2H3/t28-,29-,30+,32-,33+,34+,35-,37-,43+,44-,45+;/m0./s1. The Morgan fingerprint density at radius 3 is 1.97 bits per heavy atom. The van der Waals surface area contributed by atoms with Crippen LogP contribution < -0.4 is 5.32 Å². The first-order chi connectivity index (χ1) is 29.8. The largest absolute Gasteiger partial charge is 0.456 e. The van der Waals surface area contributed by atoms with Crippen molar-refractivity contribution in [3.63, 3.8) is 0 Å². The van der Waals surface area contributed by atoms with Gasteiger partial charge in [-0.05, 0) is 77.3 Å². The van der Waals surface area contributed by atoms with Crippen LogP contribution in [0.2, 0.25) is 0 Å². The van der Waals surface area contributed by atoms with Crippen molar-refractivity contribution in [1.29, 1.82) is 0 Å². The van der Waals surface area contributed by atoms with Gasteiger partial charge >= 0.3 is 24.0 Å². The Morgan fingerprint density at radius 2 is 1.47 bits per heavy atom. The number of esters is 3. The van der Waals surface area contributed by atoms with Crippen LogP contribution in [-0.2, 0) is 52.3 Å². The lowest BCUT2D eigenvalue weighted by molar-refractivity contribution is -0.347. The number of fused-ring (bicyclic) bond motifs is 5. The van der Waals surface area contributed by atoms with E-state index in [1.54, 1.807) is 109 Å². The van der Waals surface area contributed by atoms with E-state index in [-0.39, 0.29) is 29.9 Å². The molecule has 1 amide bonds. The van der Waals surface area contributed by atoms with E-state index in [2.05, 4.69) is 5.32 Å². The second-order valence-corrected chi connectivity index (χ2v) is 18.9. The molecule has 3 aliphatic carbocycles.